The molecule has 0 saturated heterocycles. The third-order valence-electron chi connectivity index (χ3n) is 4.28. The van der Waals surface area contributed by atoms with Crippen molar-refractivity contribution >= 4 is 28.4 Å². The number of carbonyl (C=O) groups is 1. The van der Waals surface area contributed by atoms with Crippen LogP contribution in [0.25, 0.3) is 10.9 Å². The van der Waals surface area contributed by atoms with Gasteiger partial charge >= 0.3 is 11.7 Å². The van der Waals surface area contributed by atoms with Gasteiger partial charge in [0.15, 0.2) is 0 Å². The molecule has 2 N–H and O–H groups in total. The highest BCUT2D eigenvalue weighted by molar-refractivity contribution is 6.04. The lowest BCUT2D eigenvalue weighted by atomic mass is 10.2. The maximum atomic E-state index is 12.6. The van der Waals surface area contributed by atoms with E-state index in [-0.39, 0.29) is 0 Å². The molecule has 0 spiro atoms. The van der Waals surface area contributed by atoms with Gasteiger partial charge in [0.25, 0.3) is 0 Å². The van der Waals surface area contributed by atoms with Crippen molar-refractivity contribution in [1.29, 1.82) is 5.26 Å². The topological polar surface area (TPSA) is 109 Å². The molecule has 2 aromatic carbocycles. The van der Waals surface area contributed by atoms with Gasteiger partial charge in [-0.25, -0.2) is 9.59 Å². The van der Waals surface area contributed by atoms with Crippen molar-refractivity contribution in [3.8, 4) is 6.07 Å². The fourth-order valence-corrected chi connectivity index (χ4v) is 2.94. The molecular formula is C21H21N5O3. The van der Waals surface area contributed by atoms with E-state index in [1.807, 2.05) is 19.1 Å². The standard InChI is InChI=1S/C21H21N5O3/c1-2-29-13-7-12-26-19(16-9-4-6-11-18(16)24-21(26)28)25-20(27)23-17-10-5-3-8-15(17)14-22/h3-6,8-11H,2,7,12-13H2,1H3,(H2,23,25,27). The van der Waals surface area contributed by atoms with E-state index >= 15 is 0 Å². The highest BCUT2D eigenvalue weighted by Crippen LogP contribution is 2.21. The molecule has 0 atom stereocenters. The molecule has 0 fully saturated rings. The number of para-hydroxylation sites is 2. The van der Waals surface area contributed by atoms with Gasteiger partial charge in [-0.3, -0.25) is 9.88 Å². The van der Waals surface area contributed by atoms with Crippen molar-refractivity contribution in [2.24, 2.45) is 0 Å². The van der Waals surface area contributed by atoms with Crippen LogP contribution in [-0.4, -0.2) is 28.8 Å². The SMILES string of the molecule is CCOCCCn1c(NC(=O)Nc2ccccc2C#N)c2ccccc2nc1=O. The number of hydrogen-bond donors (Lipinski definition) is 2. The number of nitriles is 1. The van der Waals surface area contributed by atoms with Crippen LogP contribution in [-0.2, 0) is 11.3 Å². The van der Waals surface area contributed by atoms with E-state index in [1.165, 1.54) is 4.57 Å². The lowest BCUT2D eigenvalue weighted by Crippen LogP contribution is -2.30. The molecule has 0 unspecified atom stereocenters. The lowest BCUT2D eigenvalue weighted by Gasteiger charge is -2.16. The first kappa shape index (κ1) is 20.0. The van der Waals surface area contributed by atoms with E-state index < -0.39 is 11.7 Å². The van der Waals surface area contributed by atoms with E-state index in [9.17, 15) is 14.9 Å². The number of anilines is 2. The van der Waals surface area contributed by atoms with Crippen LogP contribution in [0.5, 0.6) is 0 Å². The van der Waals surface area contributed by atoms with Gasteiger partial charge in [0.1, 0.15) is 11.9 Å². The Kier molecular flexibility index (Phi) is 6.55. The number of carbonyl (C=O) groups excluding carboxylic acids is 1. The molecule has 0 aliphatic rings. The molecule has 2 amide bonds. The Hall–Kier alpha value is -3.70. The quantitative estimate of drug-likeness (QED) is 0.601. The molecule has 1 aromatic heterocycles. The van der Waals surface area contributed by atoms with Crippen LogP contribution < -0.4 is 16.3 Å². The van der Waals surface area contributed by atoms with E-state index in [0.29, 0.717) is 54.2 Å². The van der Waals surface area contributed by atoms with Gasteiger partial charge in [-0.1, -0.05) is 24.3 Å². The molecular weight excluding hydrogens is 370 g/mol. The van der Waals surface area contributed by atoms with Crippen LogP contribution in [0, 0.1) is 11.3 Å². The number of nitrogens with one attached hydrogen (secondary N) is 2. The smallest absolute Gasteiger partial charge is 0.349 e. The van der Waals surface area contributed by atoms with Crippen LogP contribution in [0.15, 0.2) is 53.3 Å². The Morgan fingerprint density at radius 3 is 2.72 bits per heavy atom. The second kappa shape index (κ2) is 9.48. The van der Waals surface area contributed by atoms with Gasteiger partial charge < -0.3 is 10.1 Å². The molecule has 148 valence electrons. The largest absolute Gasteiger partial charge is 0.382 e. The van der Waals surface area contributed by atoms with Crippen LogP contribution in [0.1, 0.15) is 18.9 Å². The van der Waals surface area contributed by atoms with Gasteiger partial charge in [-0.05, 0) is 37.6 Å². The minimum atomic E-state index is -0.554. The second-order valence-electron chi connectivity index (χ2n) is 6.20. The van der Waals surface area contributed by atoms with Gasteiger partial charge in [-0.15, -0.1) is 0 Å². The number of amides is 2. The predicted octanol–water partition coefficient (Wildman–Crippen LogP) is 3.34. The average molecular weight is 391 g/mol. The number of ether oxygens (including phenoxy) is 1. The van der Waals surface area contributed by atoms with Crippen molar-refractivity contribution in [2.45, 2.75) is 19.9 Å². The highest BCUT2D eigenvalue weighted by atomic mass is 16.5. The van der Waals surface area contributed by atoms with Gasteiger partial charge in [0.2, 0.25) is 0 Å². The Morgan fingerprint density at radius 1 is 1.17 bits per heavy atom. The third kappa shape index (κ3) is 4.78. The number of urea groups is 1. The number of benzene rings is 2. The van der Waals surface area contributed by atoms with Crippen LogP contribution >= 0.6 is 0 Å². The first-order valence-electron chi connectivity index (χ1n) is 9.28. The number of hydrogen-bond acceptors (Lipinski definition) is 5. The Bertz CT molecular complexity index is 1120. The summed E-state index contributed by atoms with van der Waals surface area (Å²) in [7, 11) is 0. The summed E-state index contributed by atoms with van der Waals surface area (Å²) in [5, 5.41) is 15.3. The lowest BCUT2D eigenvalue weighted by molar-refractivity contribution is 0.141. The summed E-state index contributed by atoms with van der Waals surface area (Å²) in [5.74, 6) is 0.351. The molecule has 0 radical (unpaired) electrons. The van der Waals surface area contributed by atoms with Crippen LogP contribution in [0.3, 0.4) is 0 Å². The zero-order chi connectivity index (χ0) is 20.6. The van der Waals surface area contributed by atoms with Crippen molar-refractivity contribution in [3.05, 3.63) is 64.6 Å². The zero-order valence-electron chi connectivity index (χ0n) is 16.0. The molecule has 29 heavy (non-hydrogen) atoms. The fraction of sp³-hybridized carbons (Fsp3) is 0.238. The summed E-state index contributed by atoms with van der Waals surface area (Å²) < 4.78 is 6.77. The van der Waals surface area contributed by atoms with Gasteiger partial charge in [0, 0.05) is 25.1 Å². The minimum Gasteiger partial charge on any atom is -0.382 e. The monoisotopic (exact) mass is 391 g/mol. The third-order valence-corrected chi connectivity index (χ3v) is 4.28. The van der Waals surface area contributed by atoms with E-state index in [2.05, 4.69) is 15.6 Å². The van der Waals surface area contributed by atoms with Crippen LogP contribution in [0.4, 0.5) is 16.3 Å². The highest BCUT2D eigenvalue weighted by Gasteiger charge is 2.15. The molecule has 3 aromatic rings. The van der Waals surface area contributed by atoms with Crippen molar-refractivity contribution in [1.82, 2.24) is 9.55 Å². The Labute approximate surface area is 167 Å². The fourth-order valence-electron chi connectivity index (χ4n) is 2.94. The van der Waals surface area contributed by atoms with Gasteiger partial charge in [-0.2, -0.15) is 10.2 Å². The first-order chi connectivity index (χ1) is 14.1. The molecule has 3 rings (SSSR count). The summed E-state index contributed by atoms with van der Waals surface area (Å²) in [6.07, 6.45) is 0.599. The number of fused-ring (bicyclic) bond motifs is 1. The summed E-state index contributed by atoms with van der Waals surface area (Å²) in [5.41, 5.74) is 0.770. The van der Waals surface area contributed by atoms with Crippen molar-refractivity contribution in [2.75, 3.05) is 23.8 Å². The Morgan fingerprint density at radius 2 is 1.93 bits per heavy atom. The molecule has 0 aliphatic carbocycles. The molecule has 8 nitrogen and oxygen atoms in total. The summed E-state index contributed by atoms with van der Waals surface area (Å²) >= 11 is 0. The maximum Gasteiger partial charge on any atom is 0.349 e. The number of rotatable bonds is 7. The molecule has 1 heterocycles. The van der Waals surface area contributed by atoms with Crippen molar-refractivity contribution in [3.63, 3.8) is 0 Å². The molecule has 8 heteroatoms. The second-order valence-corrected chi connectivity index (χ2v) is 6.20. The minimum absolute atomic E-state index is 0.344. The first-order valence-corrected chi connectivity index (χ1v) is 9.28. The molecule has 0 aliphatic heterocycles. The summed E-state index contributed by atoms with van der Waals surface area (Å²) in [4.78, 5) is 29.3. The molecule has 0 bridgehead atoms. The average Bonchev–Trinajstić information content (AvgIpc) is 2.73. The molecule has 0 saturated carbocycles. The maximum absolute atomic E-state index is 12.6. The Balaban J connectivity index is 1.92. The number of aromatic nitrogens is 2. The zero-order valence-corrected chi connectivity index (χ0v) is 16.0. The number of nitrogens with zero attached hydrogens (tertiary/aromatic N) is 3. The van der Waals surface area contributed by atoms with E-state index in [1.54, 1.807) is 42.5 Å². The van der Waals surface area contributed by atoms with Crippen LogP contribution in [0.2, 0.25) is 0 Å². The summed E-state index contributed by atoms with van der Waals surface area (Å²) in [6.45, 7) is 3.34. The van der Waals surface area contributed by atoms with E-state index in [0.717, 1.165) is 0 Å². The van der Waals surface area contributed by atoms with Gasteiger partial charge in [0.05, 0.1) is 16.8 Å². The van der Waals surface area contributed by atoms with E-state index in [4.69, 9.17) is 4.74 Å². The summed E-state index contributed by atoms with van der Waals surface area (Å²) in [6, 6.07) is 15.3. The normalized spacial score (nSPS) is 10.5. The van der Waals surface area contributed by atoms with Crippen molar-refractivity contribution < 1.29 is 9.53 Å². The predicted molar refractivity (Wildman–Crippen MR) is 111 cm³/mol.